The summed E-state index contributed by atoms with van der Waals surface area (Å²) >= 11 is 0. The SMILES string of the molecule is Cc1cc(CC(=O)NCC(C)(O)CCC(C)C)n[nH]1. The summed E-state index contributed by atoms with van der Waals surface area (Å²) in [5.41, 5.74) is 0.810. The predicted octanol–water partition coefficient (Wildman–Crippen LogP) is 1.56. The summed E-state index contributed by atoms with van der Waals surface area (Å²) in [5.74, 6) is 0.436. The van der Waals surface area contributed by atoms with Crippen molar-refractivity contribution < 1.29 is 9.90 Å². The van der Waals surface area contributed by atoms with Crippen molar-refractivity contribution in [1.82, 2.24) is 15.5 Å². The molecule has 1 atom stereocenters. The van der Waals surface area contributed by atoms with Crippen LogP contribution in [0.3, 0.4) is 0 Å². The molecule has 0 aliphatic rings. The molecule has 0 spiro atoms. The van der Waals surface area contributed by atoms with Crippen LogP contribution in [0.4, 0.5) is 0 Å². The van der Waals surface area contributed by atoms with Gasteiger partial charge in [-0.3, -0.25) is 9.89 Å². The number of nitrogens with one attached hydrogen (secondary N) is 2. The van der Waals surface area contributed by atoms with Crippen LogP contribution in [0.5, 0.6) is 0 Å². The van der Waals surface area contributed by atoms with E-state index in [1.807, 2.05) is 13.0 Å². The van der Waals surface area contributed by atoms with E-state index in [2.05, 4.69) is 29.4 Å². The second kappa shape index (κ2) is 6.70. The molecule has 19 heavy (non-hydrogen) atoms. The Hall–Kier alpha value is -1.36. The summed E-state index contributed by atoms with van der Waals surface area (Å²) in [6, 6.07) is 1.84. The average molecular weight is 267 g/mol. The first-order valence-electron chi connectivity index (χ1n) is 6.78. The maximum absolute atomic E-state index is 11.7. The van der Waals surface area contributed by atoms with Crippen molar-refractivity contribution in [2.24, 2.45) is 5.92 Å². The Morgan fingerprint density at radius 1 is 1.58 bits per heavy atom. The van der Waals surface area contributed by atoms with Gasteiger partial charge in [-0.1, -0.05) is 13.8 Å². The maximum Gasteiger partial charge on any atom is 0.226 e. The monoisotopic (exact) mass is 267 g/mol. The molecule has 0 saturated heterocycles. The predicted molar refractivity (Wildman–Crippen MR) is 74.7 cm³/mol. The Kier molecular flexibility index (Phi) is 5.54. The Morgan fingerprint density at radius 3 is 2.79 bits per heavy atom. The lowest BCUT2D eigenvalue weighted by atomic mass is 9.95. The van der Waals surface area contributed by atoms with E-state index in [1.54, 1.807) is 6.92 Å². The van der Waals surface area contributed by atoms with E-state index in [0.29, 0.717) is 12.3 Å². The highest BCUT2D eigenvalue weighted by atomic mass is 16.3. The van der Waals surface area contributed by atoms with Crippen molar-refractivity contribution in [3.8, 4) is 0 Å². The molecule has 0 aliphatic carbocycles. The second-order valence-corrected chi connectivity index (χ2v) is 5.93. The molecule has 0 aliphatic heterocycles. The largest absolute Gasteiger partial charge is 0.388 e. The second-order valence-electron chi connectivity index (χ2n) is 5.93. The number of carbonyl (C=O) groups excluding carboxylic acids is 1. The molecular weight excluding hydrogens is 242 g/mol. The number of aromatic nitrogens is 2. The molecule has 5 heteroatoms. The van der Waals surface area contributed by atoms with Gasteiger partial charge in [-0.05, 0) is 38.7 Å². The van der Waals surface area contributed by atoms with Crippen LogP contribution in [-0.2, 0) is 11.2 Å². The number of amides is 1. The third kappa shape index (κ3) is 6.38. The number of hydrogen-bond acceptors (Lipinski definition) is 3. The Bertz CT molecular complexity index is 411. The summed E-state index contributed by atoms with van der Waals surface area (Å²) in [5, 5.41) is 19.7. The minimum absolute atomic E-state index is 0.115. The summed E-state index contributed by atoms with van der Waals surface area (Å²) in [6.07, 6.45) is 1.87. The van der Waals surface area contributed by atoms with Gasteiger partial charge in [0, 0.05) is 12.2 Å². The quantitative estimate of drug-likeness (QED) is 0.701. The molecule has 1 rings (SSSR count). The third-order valence-corrected chi connectivity index (χ3v) is 3.03. The van der Waals surface area contributed by atoms with Crippen LogP contribution < -0.4 is 5.32 Å². The Balaban J connectivity index is 2.32. The molecule has 0 fully saturated rings. The fraction of sp³-hybridized carbons (Fsp3) is 0.714. The molecule has 1 amide bonds. The smallest absolute Gasteiger partial charge is 0.226 e. The molecular formula is C14H25N3O2. The first kappa shape index (κ1) is 15.7. The molecule has 5 nitrogen and oxygen atoms in total. The first-order chi connectivity index (χ1) is 8.78. The van der Waals surface area contributed by atoms with Crippen molar-refractivity contribution in [1.29, 1.82) is 0 Å². The zero-order chi connectivity index (χ0) is 14.5. The van der Waals surface area contributed by atoms with Crippen molar-refractivity contribution in [2.75, 3.05) is 6.54 Å². The molecule has 1 aromatic heterocycles. The van der Waals surface area contributed by atoms with Crippen LogP contribution in [0.2, 0.25) is 0 Å². The fourth-order valence-corrected chi connectivity index (χ4v) is 1.77. The van der Waals surface area contributed by atoms with Gasteiger partial charge in [0.05, 0.1) is 17.7 Å². The van der Waals surface area contributed by atoms with E-state index in [0.717, 1.165) is 17.8 Å². The number of aliphatic hydroxyl groups is 1. The van der Waals surface area contributed by atoms with Gasteiger partial charge < -0.3 is 10.4 Å². The maximum atomic E-state index is 11.7. The third-order valence-electron chi connectivity index (χ3n) is 3.03. The van der Waals surface area contributed by atoms with Crippen LogP contribution in [0.1, 0.15) is 45.0 Å². The highest BCUT2D eigenvalue weighted by Crippen LogP contribution is 2.15. The standard InChI is InChI=1S/C14H25N3O2/c1-10(2)5-6-14(4,19)9-15-13(18)8-12-7-11(3)16-17-12/h7,10,19H,5-6,8-9H2,1-4H3,(H,15,18)(H,16,17). The number of H-pyrrole nitrogens is 1. The number of aryl methyl sites for hydroxylation is 1. The van der Waals surface area contributed by atoms with Crippen LogP contribution in [0.15, 0.2) is 6.07 Å². The summed E-state index contributed by atoms with van der Waals surface area (Å²) in [6.45, 7) is 8.17. The average Bonchev–Trinajstić information content (AvgIpc) is 2.70. The zero-order valence-corrected chi connectivity index (χ0v) is 12.3. The molecule has 108 valence electrons. The van der Waals surface area contributed by atoms with Crippen LogP contribution in [-0.4, -0.2) is 33.4 Å². The van der Waals surface area contributed by atoms with Crippen LogP contribution in [0.25, 0.3) is 0 Å². The molecule has 1 aromatic rings. The summed E-state index contributed by atoms with van der Waals surface area (Å²) in [4.78, 5) is 11.7. The van der Waals surface area contributed by atoms with Gasteiger partial charge in [-0.15, -0.1) is 0 Å². The minimum Gasteiger partial charge on any atom is -0.388 e. The summed E-state index contributed by atoms with van der Waals surface area (Å²) in [7, 11) is 0. The van der Waals surface area contributed by atoms with Crippen molar-refractivity contribution in [2.45, 2.75) is 52.6 Å². The molecule has 1 heterocycles. The van der Waals surface area contributed by atoms with Crippen molar-refractivity contribution in [3.05, 3.63) is 17.5 Å². The van der Waals surface area contributed by atoms with Gasteiger partial charge in [0.1, 0.15) is 0 Å². The van der Waals surface area contributed by atoms with Gasteiger partial charge in [0.2, 0.25) is 5.91 Å². The lowest BCUT2D eigenvalue weighted by molar-refractivity contribution is -0.121. The van der Waals surface area contributed by atoms with Gasteiger partial charge in [0.25, 0.3) is 0 Å². The van der Waals surface area contributed by atoms with E-state index < -0.39 is 5.60 Å². The van der Waals surface area contributed by atoms with Crippen molar-refractivity contribution in [3.63, 3.8) is 0 Å². The number of rotatable bonds is 7. The van der Waals surface area contributed by atoms with Crippen LogP contribution >= 0.6 is 0 Å². The lowest BCUT2D eigenvalue weighted by Gasteiger charge is -2.24. The van der Waals surface area contributed by atoms with E-state index >= 15 is 0 Å². The van der Waals surface area contributed by atoms with Gasteiger partial charge in [-0.2, -0.15) is 5.10 Å². The van der Waals surface area contributed by atoms with E-state index in [1.165, 1.54) is 0 Å². The number of aromatic amines is 1. The Labute approximate surface area is 114 Å². The molecule has 3 N–H and O–H groups in total. The molecule has 0 saturated carbocycles. The highest BCUT2D eigenvalue weighted by Gasteiger charge is 2.21. The normalized spacial score (nSPS) is 14.4. The zero-order valence-electron chi connectivity index (χ0n) is 12.3. The topological polar surface area (TPSA) is 78.0 Å². The van der Waals surface area contributed by atoms with Gasteiger partial charge >= 0.3 is 0 Å². The lowest BCUT2D eigenvalue weighted by Crippen LogP contribution is -2.41. The molecule has 0 aromatic carbocycles. The van der Waals surface area contributed by atoms with E-state index in [-0.39, 0.29) is 18.9 Å². The van der Waals surface area contributed by atoms with E-state index in [4.69, 9.17) is 0 Å². The number of hydrogen-bond donors (Lipinski definition) is 3. The molecule has 0 radical (unpaired) electrons. The first-order valence-corrected chi connectivity index (χ1v) is 6.78. The van der Waals surface area contributed by atoms with Gasteiger partial charge in [-0.25, -0.2) is 0 Å². The minimum atomic E-state index is -0.846. The van der Waals surface area contributed by atoms with E-state index in [9.17, 15) is 9.90 Å². The Morgan fingerprint density at radius 2 is 2.26 bits per heavy atom. The van der Waals surface area contributed by atoms with Gasteiger partial charge in [0.15, 0.2) is 0 Å². The number of carbonyl (C=O) groups is 1. The molecule has 1 unspecified atom stereocenters. The van der Waals surface area contributed by atoms with Crippen LogP contribution in [0, 0.1) is 12.8 Å². The molecule has 0 bridgehead atoms. The summed E-state index contributed by atoms with van der Waals surface area (Å²) < 4.78 is 0. The van der Waals surface area contributed by atoms with Crippen molar-refractivity contribution >= 4 is 5.91 Å². The fourth-order valence-electron chi connectivity index (χ4n) is 1.77. The highest BCUT2D eigenvalue weighted by molar-refractivity contribution is 5.78. The number of nitrogens with zero attached hydrogens (tertiary/aromatic N) is 1.